The maximum absolute atomic E-state index is 11.5. The summed E-state index contributed by atoms with van der Waals surface area (Å²) in [7, 11) is 1.60. The third-order valence-electron chi connectivity index (χ3n) is 1.86. The molecule has 1 aromatic carbocycles. The van der Waals surface area contributed by atoms with Crippen LogP contribution in [0.1, 0.15) is 15.9 Å². The van der Waals surface area contributed by atoms with Crippen LogP contribution in [0.25, 0.3) is 0 Å². The zero-order valence-electron chi connectivity index (χ0n) is 7.92. The van der Waals surface area contributed by atoms with E-state index in [4.69, 9.17) is 10.5 Å². The van der Waals surface area contributed by atoms with Crippen LogP contribution in [0.4, 0.5) is 0 Å². The van der Waals surface area contributed by atoms with E-state index >= 15 is 0 Å². The van der Waals surface area contributed by atoms with E-state index in [0.717, 1.165) is 10.0 Å². The Bertz CT molecular complexity index is 339. The van der Waals surface area contributed by atoms with Crippen molar-refractivity contribution in [3.05, 3.63) is 33.8 Å². The Morgan fingerprint density at radius 3 is 2.86 bits per heavy atom. The maximum atomic E-state index is 11.5. The predicted molar refractivity (Wildman–Crippen MR) is 58.2 cm³/mol. The van der Waals surface area contributed by atoms with Gasteiger partial charge in [-0.25, -0.2) is 0 Å². The fourth-order valence-electron chi connectivity index (χ4n) is 1.20. The molecule has 0 aliphatic heterocycles. The van der Waals surface area contributed by atoms with E-state index in [-0.39, 0.29) is 12.3 Å². The van der Waals surface area contributed by atoms with Gasteiger partial charge in [-0.15, -0.1) is 0 Å². The highest BCUT2D eigenvalue weighted by Gasteiger charge is 2.09. The number of rotatable bonds is 4. The molecule has 1 rings (SSSR count). The van der Waals surface area contributed by atoms with E-state index in [2.05, 4.69) is 15.9 Å². The molecule has 0 atom stereocenters. The number of carbonyl (C=O) groups excluding carboxylic acids is 1. The second-order valence-electron chi connectivity index (χ2n) is 2.86. The van der Waals surface area contributed by atoms with Gasteiger partial charge in [-0.1, -0.05) is 22.0 Å². The normalized spacial score (nSPS) is 10.2. The summed E-state index contributed by atoms with van der Waals surface area (Å²) in [6, 6.07) is 5.50. The summed E-state index contributed by atoms with van der Waals surface area (Å²) in [6.45, 7) is 0.446. The molecule has 4 heteroatoms. The minimum atomic E-state index is -0.0710. The fourth-order valence-corrected chi connectivity index (χ4v) is 1.56. The molecule has 1 aromatic rings. The first-order chi connectivity index (χ1) is 6.69. The SMILES string of the molecule is COCc1ccc(Br)cc1C(=O)CN. The number of hydrogen-bond acceptors (Lipinski definition) is 3. The van der Waals surface area contributed by atoms with Crippen LogP contribution in [-0.4, -0.2) is 19.4 Å². The van der Waals surface area contributed by atoms with Crippen molar-refractivity contribution in [2.75, 3.05) is 13.7 Å². The zero-order valence-corrected chi connectivity index (χ0v) is 9.50. The molecule has 0 fully saturated rings. The monoisotopic (exact) mass is 257 g/mol. The van der Waals surface area contributed by atoms with Crippen LogP contribution >= 0.6 is 15.9 Å². The first-order valence-corrected chi connectivity index (χ1v) is 4.99. The summed E-state index contributed by atoms with van der Waals surface area (Å²) in [6.07, 6.45) is 0. The highest BCUT2D eigenvalue weighted by Crippen LogP contribution is 2.17. The molecule has 0 radical (unpaired) electrons. The molecule has 0 bridgehead atoms. The van der Waals surface area contributed by atoms with Gasteiger partial charge in [0.1, 0.15) is 0 Å². The number of nitrogens with two attached hydrogens (primary N) is 1. The topological polar surface area (TPSA) is 52.3 Å². The highest BCUT2D eigenvalue weighted by atomic mass is 79.9. The number of halogens is 1. The van der Waals surface area contributed by atoms with Gasteiger partial charge in [0.2, 0.25) is 0 Å². The van der Waals surface area contributed by atoms with Gasteiger partial charge in [0.05, 0.1) is 13.2 Å². The Morgan fingerprint density at radius 2 is 2.29 bits per heavy atom. The molecule has 76 valence electrons. The molecule has 0 saturated heterocycles. The van der Waals surface area contributed by atoms with Gasteiger partial charge in [-0.05, 0) is 17.7 Å². The largest absolute Gasteiger partial charge is 0.380 e. The van der Waals surface area contributed by atoms with Crippen molar-refractivity contribution < 1.29 is 9.53 Å². The summed E-state index contributed by atoms with van der Waals surface area (Å²) in [4.78, 5) is 11.5. The molecule has 0 unspecified atom stereocenters. The van der Waals surface area contributed by atoms with Gasteiger partial charge >= 0.3 is 0 Å². The van der Waals surface area contributed by atoms with E-state index in [1.807, 2.05) is 12.1 Å². The van der Waals surface area contributed by atoms with Crippen LogP contribution in [0.3, 0.4) is 0 Å². The lowest BCUT2D eigenvalue weighted by Gasteiger charge is -2.07. The molecule has 3 nitrogen and oxygen atoms in total. The van der Waals surface area contributed by atoms with Crippen molar-refractivity contribution >= 4 is 21.7 Å². The quantitative estimate of drug-likeness (QED) is 0.837. The van der Waals surface area contributed by atoms with Crippen LogP contribution < -0.4 is 5.73 Å². The van der Waals surface area contributed by atoms with Crippen molar-refractivity contribution in [3.63, 3.8) is 0 Å². The Hall–Kier alpha value is -0.710. The summed E-state index contributed by atoms with van der Waals surface area (Å²) >= 11 is 3.31. The Balaban J connectivity index is 3.08. The third kappa shape index (κ3) is 2.64. The molecule has 0 saturated carbocycles. The smallest absolute Gasteiger partial charge is 0.176 e. The summed E-state index contributed by atoms with van der Waals surface area (Å²) < 4.78 is 5.86. The average Bonchev–Trinajstić information content (AvgIpc) is 2.20. The second-order valence-corrected chi connectivity index (χ2v) is 3.78. The number of carbonyl (C=O) groups is 1. The number of methoxy groups -OCH3 is 1. The molecule has 0 spiro atoms. The van der Waals surface area contributed by atoms with Crippen molar-refractivity contribution in [2.24, 2.45) is 5.73 Å². The van der Waals surface area contributed by atoms with E-state index in [1.165, 1.54) is 0 Å². The van der Waals surface area contributed by atoms with Gasteiger partial charge in [-0.3, -0.25) is 4.79 Å². The van der Waals surface area contributed by atoms with Crippen LogP contribution in [0.15, 0.2) is 22.7 Å². The molecule has 0 aliphatic rings. The minimum Gasteiger partial charge on any atom is -0.380 e. The van der Waals surface area contributed by atoms with Gasteiger partial charge in [0.15, 0.2) is 5.78 Å². The lowest BCUT2D eigenvalue weighted by molar-refractivity contribution is 0.0996. The molecule has 2 N–H and O–H groups in total. The lowest BCUT2D eigenvalue weighted by Crippen LogP contribution is -2.15. The zero-order chi connectivity index (χ0) is 10.6. The minimum absolute atomic E-state index is 0.0210. The number of hydrogen-bond donors (Lipinski definition) is 1. The van der Waals surface area contributed by atoms with Gasteiger partial charge in [0.25, 0.3) is 0 Å². The van der Waals surface area contributed by atoms with E-state index < -0.39 is 0 Å². The van der Waals surface area contributed by atoms with Crippen molar-refractivity contribution in [3.8, 4) is 0 Å². The Labute approximate surface area is 91.4 Å². The number of ketones is 1. The predicted octanol–water partition coefficient (Wildman–Crippen LogP) is 1.74. The van der Waals surface area contributed by atoms with Crippen LogP contribution in [0.5, 0.6) is 0 Å². The summed E-state index contributed by atoms with van der Waals surface area (Å²) in [5, 5.41) is 0. The molecule has 0 heterocycles. The van der Waals surface area contributed by atoms with Crippen LogP contribution in [-0.2, 0) is 11.3 Å². The van der Waals surface area contributed by atoms with E-state index in [9.17, 15) is 4.79 Å². The van der Waals surface area contributed by atoms with E-state index in [0.29, 0.717) is 12.2 Å². The first-order valence-electron chi connectivity index (χ1n) is 4.19. The van der Waals surface area contributed by atoms with Crippen molar-refractivity contribution in [1.82, 2.24) is 0 Å². The van der Waals surface area contributed by atoms with Crippen molar-refractivity contribution in [1.29, 1.82) is 0 Å². The molecule has 0 aromatic heterocycles. The van der Waals surface area contributed by atoms with Gasteiger partial charge < -0.3 is 10.5 Å². The molecule has 0 amide bonds. The second kappa shape index (κ2) is 5.24. The highest BCUT2D eigenvalue weighted by molar-refractivity contribution is 9.10. The van der Waals surface area contributed by atoms with E-state index in [1.54, 1.807) is 13.2 Å². The number of ether oxygens (including phenoxy) is 1. The standard InChI is InChI=1S/C10H12BrNO2/c1-14-6-7-2-3-8(11)4-9(7)10(13)5-12/h2-4H,5-6,12H2,1H3. The van der Waals surface area contributed by atoms with Gasteiger partial charge in [0, 0.05) is 17.1 Å². The fraction of sp³-hybridized carbons (Fsp3) is 0.300. The average molecular weight is 258 g/mol. The van der Waals surface area contributed by atoms with Crippen LogP contribution in [0.2, 0.25) is 0 Å². The third-order valence-corrected chi connectivity index (χ3v) is 2.35. The Kier molecular flexibility index (Phi) is 4.25. The van der Waals surface area contributed by atoms with Crippen LogP contribution in [0, 0.1) is 0 Å². The summed E-state index contributed by atoms with van der Waals surface area (Å²) in [5.41, 5.74) is 6.81. The molecular weight excluding hydrogens is 246 g/mol. The maximum Gasteiger partial charge on any atom is 0.176 e. The molecule has 14 heavy (non-hydrogen) atoms. The van der Waals surface area contributed by atoms with Gasteiger partial charge in [-0.2, -0.15) is 0 Å². The first kappa shape index (κ1) is 11.4. The molecular formula is C10H12BrNO2. The van der Waals surface area contributed by atoms with Crippen molar-refractivity contribution in [2.45, 2.75) is 6.61 Å². The Morgan fingerprint density at radius 1 is 1.57 bits per heavy atom. The lowest BCUT2D eigenvalue weighted by atomic mass is 10.0. The number of benzene rings is 1. The summed E-state index contributed by atoms with van der Waals surface area (Å²) in [5.74, 6) is -0.0710. The number of Topliss-reactive ketones (excluding diaryl/α,β-unsaturated/α-hetero) is 1. The molecule has 0 aliphatic carbocycles.